The summed E-state index contributed by atoms with van der Waals surface area (Å²) < 4.78 is 28.3. The highest BCUT2D eigenvalue weighted by molar-refractivity contribution is 5.95. The Morgan fingerprint density at radius 2 is 1.71 bits per heavy atom. The van der Waals surface area contributed by atoms with Gasteiger partial charge in [-0.05, 0) is 55.3 Å². The lowest BCUT2D eigenvalue weighted by Gasteiger charge is -2.13. The molecular weight excluding hydrogens is 400 g/mol. The first-order valence-corrected chi connectivity index (χ1v) is 9.66. The summed E-state index contributed by atoms with van der Waals surface area (Å²) in [4.78, 5) is 25.6. The van der Waals surface area contributed by atoms with Crippen LogP contribution in [0.2, 0.25) is 0 Å². The number of nitrogens with zero attached hydrogens (tertiary/aromatic N) is 2. The molecule has 0 aliphatic rings. The van der Waals surface area contributed by atoms with Crippen LogP contribution in [0.5, 0.6) is 0 Å². The van der Waals surface area contributed by atoms with E-state index < -0.39 is 23.1 Å². The lowest BCUT2D eigenvalue weighted by atomic mass is 10.0. The van der Waals surface area contributed by atoms with Crippen molar-refractivity contribution in [2.45, 2.75) is 20.4 Å². The minimum Gasteiger partial charge on any atom is -0.324 e. The summed E-state index contributed by atoms with van der Waals surface area (Å²) >= 11 is 0. The molecule has 0 bridgehead atoms. The fourth-order valence-corrected chi connectivity index (χ4v) is 3.41. The Kier molecular flexibility index (Phi) is 5.33. The molecule has 0 unspecified atom stereocenters. The number of rotatable bonds is 4. The van der Waals surface area contributed by atoms with Gasteiger partial charge in [-0.25, -0.2) is 13.5 Å². The minimum absolute atomic E-state index is 0.286. The van der Waals surface area contributed by atoms with Crippen molar-refractivity contribution in [3.05, 3.63) is 93.8 Å². The number of halogens is 2. The first-order chi connectivity index (χ1) is 14.8. The van der Waals surface area contributed by atoms with Crippen LogP contribution in [0.4, 0.5) is 14.5 Å². The van der Waals surface area contributed by atoms with E-state index in [1.807, 2.05) is 26.0 Å². The van der Waals surface area contributed by atoms with Gasteiger partial charge in [-0.2, -0.15) is 5.10 Å². The first-order valence-electron chi connectivity index (χ1n) is 9.66. The molecule has 1 amide bonds. The van der Waals surface area contributed by atoms with Crippen molar-refractivity contribution in [1.82, 2.24) is 9.78 Å². The number of amides is 1. The second kappa shape index (κ2) is 8.10. The van der Waals surface area contributed by atoms with E-state index in [4.69, 9.17) is 0 Å². The van der Waals surface area contributed by atoms with E-state index in [-0.39, 0.29) is 12.2 Å². The molecule has 31 heavy (non-hydrogen) atoms. The average Bonchev–Trinajstić information content (AvgIpc) is 2.75. The van der Waals surface area contributed by atoms with Crippen LogP contribution in [-0.2, 0) is 11.3 Å². The molecule has 156 valence electrons. The number of hydrogen-bond donors (Lipinski definition) is 1. The average molecular weight is 419 g/mol. The summed E-state index contributed by atoms with van der Waals surface area (Å²) in [5, 5.41) is 7.94. The van der Waals surface area contributed by atoms with E-state index in [0.717, 1.165) is 27.9 Å². The van der Waals surface area contributed by atoms with Crippen molar-refractivity contribution in [3.63, 3.8) is 0 Å². The van der Waals surface area contributed by atoms with Crippen LogP contribution in [0.25, 0.3) is 22.0 Å². The lowest BCUT2D eigenvalue weighted by molar-refractivity contribution is -0.117. The third-order valence-electron chi connectivity index (χ3n) is 5.23. The smallest absolute Gasteiger partial charge is 0.275 e. The topological polar surface area (TPSA) is 64.0 Å². The molecule has 1 aromatic heterocycles. The molecule has 0 aliphatic carbocycles. The van der Waals surface area contributed by atoms with E-state index in [2.05, 4.69) is 10.4 Å². The summed E-state index contributed by atoms with van der Waals surface area (Å²) in [6.07, 6.45) is 0. The van der Waals surface area contributed by atoms with Crippen LogP contribution in [-0.4, -0.2) is 15.7 Å². The molecule has 0 aliphatic heterocycles. The Hall–Kier alpha value is -3.87. The van der Waals surface area contributed by atoms with E-state index >= 15 is 0 Å². The summed E-state index contributed by atoms with van der Waals surface area (Å²) in [5.41, 5.74) is 2.75. The van der Waals surface area contributed by atoms with Gasteiger partial charge in [-0.3, -0.25) is 9.59 Å². The number of carbonyl (C=O) groups excluding carboxylic acids is 1. The summed E-state index contributed by atoms with van der Waals surface area (Å²) in [6, 6.07) is 15.7. The monoisotopic (exact) mass is 419 g/mol. The summed E-state index contributed by atoms with van der Waals surface area (Å²) in [6.45, 7) is 3.51. The molecule has 0 atom stereocenters. The second-order valence-electron chi connectivity index (χ2n) is 7.28. The number of carbonyl (C=O) groups is 1. The van der Waals surface area contributed by atoms with Crippen LogP contribution in [0, 0.1) is 25.5 Å². The SMILES string of the molecule is Cc1cccc(NC(=O)Cn2nc(-c3ccc(F)c(F)c3)c3ccccc3c2=O)c1C. The number of fused-ring (bicyclic) bond motifs is 1. The van der Waals surface area contributed by atoms with Crippen molar-refractivity contribution < 1.29 is 13.6 Å². The Morgan fingerprint density at radius 1 is 0.968 bits per heavy atom. The van der Waals surface area contributed by atoms with Gasteiger partial charge in [0.2, 0.25) is 5.91 Å². The van der Waals surface area contributed by atoms with Gasteiger partial charge in [0.25, 0.3) is 5.56 Å². The zero-order valence-electron chi connectivity index (χ0n) is 16.9. The van der Waals surface area contributed by atoms with Crippen LogP contribution in [0.15, 0.2) is 65.5 Å². The highest BCUT2D eigenvalue weighted by atomic mass is 19.2. The first kappa shape index (κ1) is 20.4. The highest BCUT2D eigenvalue weighted by Gasteiger charge is 2.16. The largest absolute Gasteiger partial charge is 0.324 e. The van der Waals surface area contributed by atoms with Crippen molar-refractivity contribution in [3.8, 4) is 11.3 Å². The fourth-order valence-electron chi connectivity index (χ4n) is 3.41. The number of aryl methyl sites for hydroxylation is 1. The van der Waals surface area contributed by atoms with Gasteiger partial charge < -0.3 is 5.32 Å². The normalized spacial score (nSPS) is 11.0. The maximum atomic E-state index is 13.8. The molecule has 0 radical (unpaired) electrons. The Labute approximate surface area is 177 Å². The molecule has 5 nitrogen and oxygen atoms in total. The molecule has 1 heterocycles. The van der Waals surface area contributed by atoms with Gasteiger partial charge in [0.15, 0.2) is 11.6 Å². The fraction of sp³-hybridized carbons (Fsp3) is 0.125. The van der Waals surface area contributed by atoms with Gasteiger partial charge in [-0.1, -0.05) is 30.3 Å². The second-order valence-corrected chi connectivity index (χ2v) is 7.28. The molecule has 3 aromatic carbocycles. The van der Waals surface area contributed by atoms with Crippen LogP contribution in [0.1, 0.15) is 11.1 Å². The van der Waals surface area contributed by atoms with Gasteiger partial charge >= 0.3 is 0 Å². The molecule has 4 aromatic rings. The van der Waals surface area contributed by atoms with Crippen molar-refractivity contribution in [2.75, 3.05) is 5.32 Å². The number of benzene rings is 3. The lowest BCUT2D eigenvalue weighted by Crippen LogP contribution is -2.30. The van der Waals surface area contributed by atoms with Gasteiger partial charge in [0, 0.05) is 16.6 Å². The third-order valence-corrected chi connectivity index (χ3v) is 5.23. The quantitative estimate of drug-likeness (QED) is 0.526. The Morgan fingerprint density at radius 3 is 2.45 bits per heavy atom. The van der Waals surface area contributed by atoms with E-state index in [9.17, 15) is 18.4 Å². The predicted molar refractivity (Wildman–Crippen MR) is 116 cm³/mol. The van der Waals surface area contributed by atoms with Crippen molar-refractivity contribution in [1.29, 1.82) is 0 Å². The molecule has 0 fully saturated rings. The molecule has 0 saturated carbocycles. The third kappa shape index (κ3) is 3.94. The number of aromatic nitrogens is 2. The zero-order valence-corrected chi connectivity index (χ0v) is 16.9. The van der Waals surface area contributed by atoms with Gasteiger partial charge in [-0.15, -0.1) is 0 Å². The molecule has 4 rings (SSSR count). The number of hydrogen-bond acceptors (Lipinski definition) is 3. The standard InChI is InChI=1S/C24H19F2N3O2/c1-14-6-5-9-21(15(14)2)27-22(30)13-29-24(31)18-8-4-3-7-17(18)23(28-29)16-10-11-19(25)20(26)12-16/h3-12H,13H2,1-2H3,(H,27,30). The summed E-state index contributed by atoms with van der Waals surface area (Å²) in [5.74, 6) is -2.42. The number of anilines is 1. The summed E-state index contributed by atoms with van der Waals surface area (Å²) in [7, 11) is 0. The zero-order chi connectivity index (χ0) is 22.1. The molecular formula is C24H19F2N3O2. The van der Waals surface area contributed by atoms with Crippen LogP contribution >= 0.6 is 0 Å². The maximum Gasteiger partial charge on any atom is 0.275 e. The van der Waals surface area contributed by atoms with Crippen LogP contribution < -0.4 is 10.9 Å². The highest BCUT2D eigenvalue weighted by Crippen LogP contribution is 2.26. The van der Waals surface area contributed by atoms with Gasteiger partial charge in [0.1, 0.15) is 6.54 Å². The van der Waals surface area contributed by atoms with Crippen molar-refractivity contribution in [2.24, 2.45) is 0 Å². The predicted octanol–water partition coefficient (Wildman–Crippen LogP) is 4.60. The molecule has 0 saturated heterocycles. The Balaban J connectivity index is 1.77. The van der Waals surface area contributed by atoms with Crippen LogP contribution in [0.3, 0.4) is 0 Å². The van der Waals surface area contributed by atoms with E-state index in [0.29, 0.717) is 22.0 Å². The molecule has 7 heteroatoms. The molecule has 1 N–H and O–H groups in total. The van der Waals surface area contributed by atoms with E-state index in [1.165, 1.54) is 6.07 Å². The van der Waals surface area contributed by atoms with E-state index in [1.54, 1.807) is 30.3 Å². The van der Waals surface area contributed by atoms with Crippen molar-refractivity contribution >= 4 is 22.4 Å². The number of nitrogens with one attached hydrogen (secondary N) is 1. The minimum atomic E-state index is -1.02. The maximum absolute atomic E-state index is 13.8. The molecule has 0 spiro atoms. The van der Waals surface area contributed by atoms with Gasteiger partial charge in [0.05, 0.1) is 11.1 Å². The Bertz CT molecular complexity index is 1380.